The molecule has 1 aromatic carbocycles. The molecule has 1 N–H and O–H groups in total. The average molecular weight is 445 g/mol. The number of carbonyl (C=O) groups is 1. The molecule has 5 nitrogen and oxygen atoms in total. The Balaban J connectivity index is 1.49. The van der Waals surface area contributed by atoms with Crippen LogP contribution < -0.4 is 4.72 Å². The lowest BCUT2D eigenvalue weighted by molar-refractivity contribution is -0.199. The summed E-state index contributed by atoms with van der Waals surface area (Å²) in [7, 11) is -1.78. The molecule has 1 saturated heterocycles. The molecule has 2 bridgehead atoms. The minimum atomic E-state index is -1.28. The van der Waals surface area contributed by atoms with Crippen molar-refractivity contribution in [3.05, 3.63) is 35.9 Å². The Bertz CT molecular complexity index is 855. The van der Waals surface area contributed by atoms with Gasteiger partial charge in [0.25, 0.3) is 0 Å². The molecule has 0 unspecified atom stereocenters. The molecule has 1 aliphatic heterocycles. The topological polar surface area (TPSA) is 64.6 Å². The fourth-order valence-corrected chi connectivity index (χ4v) is 6.55. The third-order valence-electron chi connectivity index (χ3n) is 7.89. The van der Waals surface area contributed by atoms with Crippen LogP contribution in [0.15, 0.2) is 30.3 Å². The summed E-state index contributed by atoms with van der Waals surface area (Å²) in [4.78, 5) is 12.7. The lowest BCUT2D eigenvalue weighted by Crippen LogP contribution is -2.65. The summed E-state index contributed by atoms with van der Waals surface area (Å²) in [5, 5.41) is 0. The number of hydrogen-bond acceptors (Lipinski definition) is 4. The Morgan fingerprint density at radius 3 is 2.52 bits per heavy atom. The summed E-state index contributed by atoms with van der Waals surface area (Å²) in [6.45, 7) is 12.7. The summed E-state index contributed by atoms with van der Waals surface area (Å²) in [6.07, 6.45) is 3.13. The largest absolute Gasteiger partial charge is 0.476 e. The van der Waals surface area contributed by atoms with Crippen LogP contribution in [-0.4, -0.2) is 39.5 Å². The number of rotatable bonds is 7. The zero-order valence-electron chi connectivity index (χ0n) is 19.6. The van der Waals surface area contributed by atoms with Crippen LogP contribution in [0.3, 0.4) is 0 Å². The normalized spacial score (nSPS) is 33.4. The summed E-state index contributed by atoms with van der Waals surface area (Å²) in [6, 6.07) is 9.33. The van der Waals surface area contributed by atoms with Crippen LogP contribution in [0.5, 0.6) is 0 Å². The first-order valence-electron chi connectivity index (χ1n) is 11.5. The molecule has 3 aliphatic carbocycles. The summed E-state index contributed by atoms with van der Waals surface area (Å²) < 4.78 is 28.8. The van der Waals surface area contributed by atoms with E-state index in [-0.39, 0.29) is 28.8 Å². The first-order chi connectivity index (χ1) is 14.4. The van der Waals surface area contributed by atoms with E-state index < -0.39 is 22.9 Å². The van der Waals surface area contributed by atoms with E-state index in [2.05, 4.69) is 25.5 Å². The number of benzene rings is 1. The number of ketones is 1. The van der Waals surface area contributed by atoms with Gasteiger partial charge in [-0.05, 0) is 64.2 Å². The van der Waals surface area contributed by atoms with Gasteiger partial charge in [0.15, 0.2) is 5.78 Å². The lowest BCUT2D eigenvalue weighted by atomic mass is 9.43. The Kier molecular flexibility index (Phi) is 6.04. The lowest BCUT2D eigenvalue weighted by Gasteiger charge is -2.64. The van der Waals surface area contributed by atoms with Crippen molar-refractivity contribution < 1.29 is 18.3 Å². The molecular formula is C24H36BNO4S. The maximum atomic E-state index is 12.9. The molecule has 3 saturated carbocycles. The van der Waals surface area contributed by atoms with E-state index in [0.29, 0.717) is 30.2 Å². The Labute approximate surface area is 189 Å². The maximum Gasteiger partial charge on any atom is 0.476 e. The molecule has 0 aromatic heterocycles. The highest BCUT2D eigenvalue weighted by Gasteiger charge is 2.68. The van der Waals surface area contributed by atoms with Gasteiger partial charge in [-0.25, -0.2) is 8.93 Å². The van der Waals surface area contributed by atoms with Crippen molar-refractivity contribution in [1.29, 1.82) is 0 Å². The first kappa shape index (κ1) is 23.2. The molecule has 1 aromatic rings. The van der Waals surface area contributed by atoms with Crippen molar-refractivity contribution in [2.24, 2.45) is 17.3 Å². The van der Waals surface area contributed by atoms with Crippen LogP contribution in [0.4, 0.5) is 0 Å². The van der Waals surface area contributed by atoms with Gasteiger partial charge < -0.3 is 9.31 Å². The SMILES string of the molecule is CC1(C)[C@@H]2C[C@H]3OB([C@H](CCC(=O)c4ccccc4)N[S@](=O)C(C)(C)C)O[C@@]3(C)[C@H]1C2. The van der Waals surface area contributed by atoms with Gasteiger partial charge in [-0.3, -0.25) is 4.79 Å². The predicted octanol–water partition coefficient (Wildman–Crippen LogP) is 4.34. The van der Waals surface area contributed by atoms with Gasteiger partial charge in [0, 0.05) is 12.0 Å². The van der Waals surface area contributed by atoms with Crippen LogP contribution in [0.2, 0.25) is 0 Å². The van der Waals surface area contributed by atoms with Gasteiger partial charge in [0.2, 0.25) is 0 Å². The minimum Gasteiger partial charge on any atom is -0.404 e. The second kappa shape index (κ2) is 8.09. The molecular weight excluding hydrogens is 409 g/mol. The summed E-state index contributed by atoms with van der Waals surface area (Å²) in [5.41, 5.74) is 0.647. The third-order valence-corrected chi connectivity index (χ3v) is 9.52. The fraction of sp³-hybridized carbons (Fsp3) is 0.708. The highest BCUT2D eigenvalue weighted by Crippen LogP contribution is 2.65. The average Bonchev–Trinajstić information content (AvgIpc) is 3.07. The van der Waals surface area contributed by atoms with Gasteiger partial charge in [0.05, 0.1) is 33.4 Å². The van der Waals surface area contributed by atoms with E-state index in [1.807, 2.05) is 51.1 Å². The fourth-order valence-electron chi connectivity index (χ4n) is 5.69. The molecule has 31 heavy (non-hydrogen) atoms. The number of hydrogen-bond donors (Lipinski definition) is 1. The minimum absolute atomic E-state index is 0.0615. The first-order valence-corrected chi connectivity index (χ1v) is 12.7. The molecule has 7 heteroatoms. The number of carbonyl (C=O) groups excluding carboxylic acids is 1. The van der Waals surface area contributed by atoms with Gasteiger partial charge in [0.1, 0.15) is 0 Å². The molecule has 4 fully saturated rings. The quantitative estimate of drug-likeness (QED) is 0.501. The van der Waals surface area contributed by atoms with Crippen LogP contribution in [0, 0.1) is 17.3 Å². The van der Waals surface area contributed by atoms with Crippen LogP contribution in [-0.2, 0) is 20.3 Å². The zero-order valence-corrected chi connectivity index (χ0v) is 20.5. The molecule has 6 atom stereocenters. The molecule has 0 radical (unpaired) electrons. The standard InChI is InChI=1S/C24H36BNO4S/c1-22(2,3)31(28)26-21(13-12-18(27)16-10-8-7-9-11-16)25-29-20-15-17-14-19(23(17,4)5)24(20,6)30-25/h7-11,17,19-21,26H,12-15H2,1-6H3/t17-,19-,20+,21-,24-,31+/m0/s1. The molecule has 0 spiro atoms. The molecule has 5 rings (SSSR count). The molecule has 0 amide bonds. The monoisotopic (exact) mass is 445 g/mol. The van der Waals surface area contributed by atoms with E-state index in [0.717, 1.165) is 6.42 Å². The van der Waals surface area contributed by atoms with Crippen molar-refractivity contribution in [1.82, 2.24) is 4.72 Å². The van der Waals surface area contributed by atoms with Gasteiger partial charge >= 0.3 is 7.12 Å². The van der Waals surface area contributed by atoms with Gasteiger partial charge in [-0.15, -0.1) is 0 Å². The van der Waals surface area contributed by atoms with Crippen molar-refractivity contribution in [2.45, 2.75) is 89.6 Å². The van der Waals surface area contributed by atoms with Gasteiger partial charge in [-0.2, -0.15) is 0 Å². The molecule has 1 heterocycles. The van der Waals surface area contributed by atoms with E-state index in [1.54, 1.807) is 0 Å². The zero-order chi connectivity index (χ0) is 22.6. The third kappa shape index (κ3) is 4.19. The Hall–Kier alpha value is -1.02. The maximum absolute atomic E-state index is 12.9. The van der Waals surface area contributed by atoms with E-state index in [9.17, 15) is 9.00 Å². The van der Waals surface area contributed by atoms with Crippen molar-refractivity contribution in [3.63, 3.8) is 0 Å². The smallest absolute Gasteiger partial charge is 0.404 e. The second-order valence-electron chi connectivity index (χ2n) is 11.3. The second-order valence-corrected chi connectivity index (χ2v) is 13.3. The summed E-state index contributed by atoms with van der Waals surface area (Å²) in [5.74, 6) is 0.913. The highest BCUT2D eigenvalue weighted by molar-refractivity contribution is 7.84. The number of Topliss-reactive ketones (excluding diaryl/α,β-unsaturated/α-hetero) is 1. The van der Waals surface area contributed by atoms with Crippen LogP contribution in [0.25, 0.3) is 0 Å². The summed E-state index contributed by atoms with van der Waals surface area (Å²) >= 11 is 0. The molecule has 4 aliphatic rings. The van der Waals surface area contributed by atoms with Crippen molar-refractivity contribution in [2.75, 3.05) is 0 Å². The molecule has 170 valence electrons. The Morgan fingerprint density at radius 2 is 1.90 bits per heavy atom. The van der Waals surface area contributed by atoms with Crippen molar-refractivity contribution >= 4 is 23.9 Å². The van der Waals surface area contributed by atoms with E-state index in [1.165, 1.54) is 6.42 Å². The van der Waals surface area contributed by atoms with Gasteiger partial charge in [-0.1, -0.05) is 44.2 Å². The van der Waals surface area contributed by atoms with Crippen LogP contribution in [0.1, 0.15) is 77.6 Å². The van der Waals surface area contributed by atoms with E-state index >= 15 is 0 Å². The Morgan fingerprint density at radius 1 is 1.23 bits per heavy atom. The van der Waals surface area contributed by atoms with Crippen molar-refractivity contribution in [3.8, 4) is 0 Å². The highest BCUT2D eigenvalue weighted by atomic mass is 32.2. The number of nitrogens with one attached hydrogen (secondary N) is 1. The van der Waals surface area contributed by atoms with E-state index in [4.69, 9.17) is 9.31 Å². The van der Waals surface area contributed by atoms with Crippen LogP contribution >= 0.6 is 0 Å². The predicted molar refractivity (Wildman–Crippen MR) is 125 cm³/mol.